The minimum atomic E-state index is -0.157. The van der Waals surface area contributed by atoms with Gasteiger partial charge < -0.3 is 15.1 Å². The zero-order valence-electron chi connectivity index (χ0n) is 16.6. The van der Waals surface area contributed by atoms with Crippen LogP contribution in [0.3, 0.4) is 0 Å². The molecule has 0 unspecified atom stereocenters. The zero-order chi connectivity index (χ0) is 19.3. The molecule has 0 bridgehead atoms. The fraction of sp³-hybridized carbons (Fsp3) is 0.824. The molecular formula is C17H33N5OS3+2. The average molecular weight is 420 g/mol. The number of nitrogens with zero attached hydrogens (tertiary/aromatic N) is 2. The summed E-state index contributed by atoms with van der Waals surface area (Å²) in [5, 5.41) is 7.74. The first kappa shape index (κ1) is 21.8. The molecule has 1 aromatic heterocycles. The van der Waals surface area contributed by atoms with Crippen LogP contribution in [0.15, 0.2) is 4.34 Å². The van der Waals surface area contributed by atoms with E-state index in [1.165, 1.54) is 9.80 Å². The summed E-state index contributed by atoms with van der Waals surface area (Å²) in [4.78, 5) is 14.9. The van der Waals surface area contributed by atoms with Crippen molar-refractivity contribution in [1.82, 2.24) is 15.1 Å². The van der Waals surface area contributed by atoms with E-state index < -0.39 is 0 Å². The molecule has 1 aliphatic heterocycles. The Labute approximate surface area is 170 Å². The molecule has 1 amide bonds. The van der Waals surface area contributed by atoms with Gasteiger partial charge in [0.2, 0.25) is 0 Å². The summed E-state index contributed by atoms with van der Waals surface area (Å²) in [5.41, 5.74) is -0.157. The molecule has 0 atom stereocenters. The molecule has 0 aromatic carbocycles. The fourth-order valence-corrected chi connectivity index (χ4v) is 5.19. The molecule has 1 saturated heterocycles. The minimum absolute atomic E-state index is 0.143. The van der Waals surface area contributed by atoms with E-state index >= 15 is 0 Å². The quantitative estimate of drug-likeness (QED) is 0.433. The highest BCUT2D eigenvalue weighted by molar-refractivity contribution is 8.01. The third kappa shape index (κ3) is 7.64. The van der Waals surface area contributed by atoms with Gasteiger partial charge >= 0.3 is 0 Å². The van der Waals surface area contributed by atoms with Crippen molar-refractivity contribution < 1.29 is 14.6 Å². The van der Waals surface area contributed by atoms with Gasteiger partial charge in [-0.3, -0.25) is 4.79 Å². The van der Waals surface area contributed by atoms with Crippen molar-refractivity contribution in [2.24, 2.45) is 5.92 Å². The Kier molecular flexibility index (Phi) is 8.08. The molecule has 1 aliphatic rings. The number of quaternary nitrogens is 2. The topological polar surface area (TPSA) is 55.8 Å². The van der Waals surface area contributed by atoms with Crippen LogP contribution in [0.2, 0.25) is 0 Å². The van der Waals surface area contributed by atoms with E-state index in [0.717, 1.165) is 46.9 Å². The lowest BCUT2D eigenvalue weighted by molar-refractivity contribution is -1.02. The maximum absolute atomic E-state index is 12.1. The van der Waals surface area contributed by atoms with Gasteiger partial charge in [0.15, 0.2) is 21.5 Å². The SMILES string of the molecule is CC(C)CSc1nn(C[NH+]2CC[NH+](CC(=O)NC(C)(C)C)CC2)c(=S)s1. The van der Waals surface area contributed by atoms with Gasteiger partial charge in [-0.2, -0.15) is 4.68 Å². The Morgan fingerprint density at radius 2 is 1.92 bits per heavy atom. The van der Waals surface area contributed by atoms with Gasteiger partial charge in [0.1, 0.15) is 26.2 Å². The van der Waals surface area contributed by atoms with Gasteiger partial charge in [0, 0.05) is 11.3 Å². The molecule has 2 heterocycles. The minimum Gasteiger partial charge on any atom is -0.347 e. The maximum atomic E-state index is 12.1. The predicted octanol–water partition coefficient (Wildman–Crippen LogP) is 0.0778. The summed E-state index contributed by atoms with van der Waals surface area (Å²) in [5.74, 6) is 1.88. The Morgan fingerprint density at radius 3 is 2.50 bits per heavy atom. The van der Waals surface area contributed by atoms with Crippen molar-refractivity contribution in [3.05, 3.63) is 3.95 Å². The van der Waals surface area contributed by atoms with Crippen molar-refractivity contribution in [1.29, 1.82) is 0 Å². The predicted molar refractivity (Wildman–Crippen MR) is 111 cm³/mol. The van der Waals surface area contributed by atoms with Gasteiger partial charge in [-0.15, -0.1) is 5.10 Å². The third-order valence-corrected chi connectivity index (χ3v) is 6.96. The molecule has 1 fully saturated rings. The second-order valence-corrected chi connectivity index (χ2v) is 11.4. The fourth-order valence-electron chi connectivity index (χ4n) is 2.88. The molecule has 2 rings (SSSR count). The molecule has 0 spiro atoms. The number of hydrogen-bond acceptors (Lipinski definition) is 5. The standard InChI is InChI=1S/C17H31N5OS3/c1-13(2)11-25-15-19-22(16(24)26-15)12-21-8-6-20(7-9-21)10-14(23)18-17(3,4)5/h13H,6-12H2,1-5H3,(H,18,23)/p+2. The van der Waals surface area contributed by atoms with Crippen LogP contribution in [-0.2, 0) is 11.5 Å². The van der Waals surface area contributed by atoms with E-state index in [2.05, 4.69) is 24.3 Å². The number of carbonyl (C=O) groups is 1. The number of hydrogen-bond donors (Lipinski definition) is 3. The highest BCUT2D eigenvalue weighted by Gasteiger charge is 2.26. The first-order valence-corrected chi connectivity index (χ1v) is 11.5. The largest absolute Gasteiger partial charge is 0.347 e. The monoisotopic (exact) mass is 419 g/mol. The lowest BCUT2D eigenvalue weighted by atomic mass is 10.1. The van der Waals surface area contributed by atoms with Crippen LogP contribution in [-0.4, -0.2) is 59.7 Å². The van der Waals surface area contributed by atoms with E-state index in [9.17, 15) is 4.79 Å². The van der Waals surface area contributed by atoms with E-state index in [1.807, 2.05) is 25.5 Å². The molecule has 1 aromatic rings. The number of nitrogens with one attached hydrogen (secondary N) is 3. The van der Waals surface area contributed by atoms with Crippen LogP contribution in [0.1, 0.15) is 34.6 Å². The van der Waals surface area contributed by atoms with Crippen LogP contribution in [0.5, 0.6) is 0 Å². The van der Waals surface area contributed by atoms with Gasteiger partial charge in [-0.05, 0) is 38.9 Å². The summed E-state index contributed by atoms with van der Waals surface area (Å²) >= 11 is 8.90. The average Bonchev–Trinajstić information content (AvgIpc) is 2.85. The molecule has 6 nitrogen and oxygen atoms in total. The highest BCUT2D eigenvalue weighted by Crippen LogP contribution is 2.23. The second kappa shape index (κ2) is 9.64. The lowest BCUT2D eigenvalue weighted by Crippen LogP contribution is -3.28. The smallest absolute Gasteiger partial charge is 0.275 e. The van der Waals surface area contributed by atoms with Crippen molar-refractivity contribution in [2.75, 3.05) is 38.5 Å². The van der Waals surface area contributed by atoms with Crippen LogP contribution < -0.4 is 15.1 Å². The number of rotatable bonds is 7. The van der Waals surface area contributed by atoms with Crippen molar-refractivity contribution in [3.63, 3.8) is 0 Å². The van der Waals surface area contributed by atoms with E-state index in [0.29, 0.717) is 12.5 Å². The Balaban J connectivity index is 1.78. The van der Waals surface area contributed by atoms with Crippen LogP contribution in [0, 0.1) is 9.87 Å². The second-order valence-electron chi connectivity index (χ2n) is 8.47. The van der Waals surface area contributed by atoms with Gasteiger partial charge in [0.25, 0.3) is 5.91 Å². The Bertz CT molecular complexity index is 642. The third-order valence-electron chi connectivity index (χ3n) is 4.09. The first-order chi connectivity index (χ1) is 12.1. The van der Waals surface area contributed by atoms with E-state index in [4.69, 9.17) is 12.2 Å². The lowest BCUT2D eigenvalue weighted by Gasteiger charge is -2.30. The molecule has 148 valence electrons. The molecule has 0 aliphatic carbocycles. The van der Waals surface area contributed by atoms with E-state index in [1.54, 1.807) is 23.1 Å². The van der Waals surface area contributed by atoms with Crippen molar-refractivity contribution >= 4 is 41.2 Å². The number of amides is 1. The number of thioether (sulfide) groups is 1. The Hall–Kier alpha value is -0.480. The first-order valence-electron chi connectivity index (χ1n) is 9.31. The number of aromatic nitrogens is 2. The number of piperazine rings is 1. The molecule has 26 heavy (non-hydrogen) atoms. The van der Waals surface area contributed by atoms with Gasteiger partial charge in [-0.1, -0.05) is 36.9 Å². The van der Waals surface area contributed by atoms with E-state index in [-0.39, 0.29) is 11.4 Å². The molecule has 3 N–H and O–H groups in total. The normalized spacial score (nSPS) is 21.2. The summed E-state index contributed by atoms with van der Waals surface area (Å²) in [7, 11) is 0. The molecule has 0 saturated carbocycles. The summed E-state index contributed by atoms with van der Waals surface area (Å²) in [6.45, 7) is 16.0. The summed E-state index contributed by atoms with van der Waals surface area (Å²) < 4.78 is 3.92. The maximum Gasteiger partial charge on any atom is 0.275 e. The highest BCUT2D eigenvalue weighted by atomic mass is 32.2. The summed E-state index contributed by atoms with van der Waals surface area (Å²) in [6, 6.07) is 0. The van der Waals surface area contributed by atoms with Crippen molar-refractivity contribution in [2.45, 2.75) is 51.2 Å². The van der Waals surface area contributed by atoms with Crippen LogP contribution in [0.25, 0.3) is 0 Å². The van der Waals surface area contributed by atoms with Crippen LogP contribution in [0.4, 0.5) is 0 Å². The molecular weight excluding hydrogens is 386 g/mol. The number of carbonyl (C=O) groups excluding carboxylic acids is 1. The summed E-state index contributed by atoms with van der Waals surface area (Å²) in [6.07, 6.45) is 0. The molecule has 0 radical (unpaired) electrons. The Morgan fingerprint density at radius 1 is 1.31 bits per heavy atom. The van der Waals surface area contributed by atoms with Crippen LogP contribution >= 0.6 is 35.3 Å². The van der Waals surface area contributed by atoms with Gasteiger partial charge in [-0.25, -0.2) is 0 Å². The van der Waals surface area contributed by atoms with Gasteiger partial charge in [0.05, 0.1) is 0 Å². The molecule has 9 heteroatoms. The zero-order valence-corrected chi connectivity index (χ0v) is 19.0. The van der Waals surface area contributed by atoms with Crippen molar-refractivity contribution in [3.8, 4) is 0 Å².